The molecule has 0 unspecified atom stereocenters. The number of nitrogens with zero attached hydrogens (tertiary/aromatic N) is 4. The topological polar surface area (TPSA) is 113 Å². The fraction of sp³-hybridized carbons (Fsp3) is 0.0588. The van der Waals surface area contributed by atoms with Crippen LogP contribution in [0.4, 0.5) is 5.69 Å². The van der Waals surface area contributed by atoms with E-state index in [0.717, 1.165) is 0 Å². The van der Waals surface area contributed by atoms with Crippen molar-refractivity contribution in [2.45, 2.75) is 6.54 Å². The van der Waals surface area contributed by atoms with Crippen LogP contribution >= 0.6 is 0 Å². The van der Waals surface area contributed by atoms with Gasteiger partial charge in [0, 0.05) is 29.7 Å². The van der Waals surface area contributed by atoms with E-state index in [1.807, 2.05) is 0 Å². The number of Topliss-reactive ketones (excluding diaryl/α,β-unsaturated/α-hetero) is 1. The molecule has 3 rings (SSSR count). The van der Waals surface area contributed by atoms with Gasteiger partial charge in [-0.15, -0.1) is 0 Å². The summed E-state index contributed by atoms with van der Waals surface area (Å²) in [5.41, 5.74) is 1.89. The molecule has 8 nitrogen and oxygen atoms in total. The first-order chi connectivity index (χ1) is 12.2. The van der Waals surface area contributed by atoms with Crippen LogP contribution in [0.1, 0.15) is 26.4 Å². The van der Waals surface area contributed by atoms with Crippen molar-refractivity contribution in [3.8, 4) is 0 Å². The Morgan fingerprint density at radius 3 is 2.64 bits per heavy atom. The molecule has 0 aliphatic heterocycles. The number of aromatic nitrogens is 4. The van der Waals surface area contributed by atoms with Crippen molar-refractivity contribution >= 4 is 23.6 Å². The SMILES string of the molecule is O=C(C=NCc1cn[nH]c1C(=O)Nc1cccnc1)c1cccnc1. The zero-order chi connectivity index (χ0) is 17.5. The van der Waals surface area contributed by atoms with E-state index in [1.165, 1.54) is 18.6 Å². The van der Waals surface area contributed by atoms with Gasteiger partial charge in [0.25, 0.3) is 5.91 Å². The molecule has 0 atom stereocenters. The van der Waals surface area contributed by atoms with Gasteiger partial charge in [-0.05, 0) is 24.3 Å². The van der Waals surface area contributed by atoms with Crippen molar-refractivity contribution in [3.63, 3.8) is 0 Å². The van der Waals surface area contributed by atoms with E-state index in [9.17, 15) is 9.59 Å². The fourth-order valence-electron chi connectivity index (χ4n) is 2.07. The molecule has 3 heterocycles. The molecule has 3 aromatic heterocycles. The Kier molecular flexibility index (Phi) is 5.01. The predicted molar refractivity (Wildman–Crippen MR) is 91.5 cm³/mol. The standard InChI is InChI=1S/C17H14N6O2/c24-15(12-3-1-5-18-7-12)11-20-8-13-9-21-23-16(13)17(25)22-14-4-2-6-19-10-14/h1-7,9-11H,8H2,(H,21,23)(H,22,25). The molecular weight excluding hydrogens is 320 g/mol. The highest BCUT2D eigenvalue weighted by molar-refractivity contribution is 6.35. The molecular formula is C17H14N6O2. The maximum atomic E-state index is 12.3. The van der Waals surface area contributed by atoms with Crippen LogP contribution in [0.25, 0.3) is 0 Å². The van der Waals surface area contributed by atoms with E-state index < -0.39 is 0 Å². The Morgan fingerprint density at radius 1 is 1.12 bits per heavy atom. The molecule has 0 aromatic carbocycles. The summed E-state index contributed by atoms with van der Waals surface area (Å²) in [7, 11) is 0. The van der Waals surface area contributed by atoms with Crippen molar-refractivity contribution in [1.29, 1.82) is 0 Å². The van der Waals surface area contributed by atoms with Crippen molar-refractivity contribution in [3.05, 3.63) is 72.1 Å². The molecule has 0 aliphatic carbocycles. The van der Waals surface area contributed by atoms with Gasteiger partial charge in [-0.2, -0.15) is 5.10 Å². The number of pyridine rings is 2. The number of carbonyl (C=O) groups excluding carboxylic acids is 2. The molecule has 25 heavy (non-hydrogen) atoms. The minimum absolute atomic E-state index is 0.151. The van der Waals surface area contributed by atoms with Crippen LogP contribution in [0.5, 0.6) is 0 Å². The van der Waals surface area contributed by atoms with E-state index >= 15 is 0 Å². The lowest BCUT2D eigenvalue weighted by Crippen LogP contribution is -2.14. The molecule has 124 valence electrons. The Balaban J connectivity index is 1.65. The van der Waals surface area contributed by atoms with Gasteiger partial charge in [-0.1, -0.05) is 0 Å². The maximum absolute atomic E-state index is 12.3. The third-order valence-electron chi connectivity index (χ3n) is 3.28. The Hall–Kier alpha value is -3.68. The molecule has 8 heteroatoms. The third kappa shape index (κ3) is 4.20. The highest BCUT2D eigenvalue weighted by atomic mass is 16.2. The summed E-state index contributed by atoms with van der Waals surface area (Å²) in [5.74, 6) is -0.604. The van der Waals surface area contributed by atoms with Gasteiger partial charge in [-0.3, -0.25) is 29.6 Å². The molecule has 0 saturated heterocycles. The van der Waals surface area contributed by atoms with E-state index in [1.54, 1.807) is 42.9 Å². The smallest absolute Gasteiger partial charge is 0.274 e. The number of ketones is 1. The zero-order valence-electron chi connectivity index (χ0n) is 13.1. The van der Waals surface area contributed by atoms with Gasteiger partial charge in [0.1, 0.15) is 5.69 Å². The number of H-pyrrole nitrogens is 1. The van der Waals surface area contributed by atoms with Crippen LogP contribution in [-0.2, 0) is 6.54 Å². The van der Waals surface area contributed by atoms with Crippen molar-refractivity contribution in [2.24, 2.45) is 4.99 Å². The van der Waals surface area contributed by atoms with Crippen LogP contribution in [0, 0.1) is 0 Å². The molecule has 1 amide bonds. The van der Waals surface area contributed by atoms with Crippen molar-refractivity contribution in [1.82, 2.24) is 20.2 Å². The second-order valence-electron chi connectivity index (χ2n) is 5.04. The van der Waals surface area contributed by atoms with Crippen LogP contribution in [-0.4, -0.2) is 38.1 Å². The average molecular weight is 334 g/mol. The molecule has 0 fully saturated rings. The van der Waals surface area contributed by atoms with Crippen LogP contribution in [0.15, 0.2) is 60.2 Å². The average Bonchev–Trinajstić information content (AvgIpc) is 3.12. The van der Waals surface area contributed by atoms with E-state index in [0.29, 0.717) is 16.8 Å². The minimum Gasteiger partial charge on any atom is -0.319 e. The number of amides is 1. The number of aromatic amines is 1. The quantitative estimate of drug-likeness (QED) is 0.528. The molecule has 3 aromatic rings. The molecule has 2 N–H and O–H groups in total. The number of rotatable bonds is 6. The molecule has 0 bridgehead atoms. The van der Waals surface area contributed by atoms with Gasteiger partial charge >= 0.3 is 0 Å². The number of aliphatic imine (C=N–C) groups is 1. The first kappa shape index (κ1) is 16.2. The van der Waals surface area contributed by atoms with Crippen LogP contribution in [0.2, 0.25) is 0 Å². The Morgan fingerprint density at radius 2 is 1.92 bits per heavy atom. The minimum atomic E-state index is -0.353. The zero-order valence-corrected chi connectivity index (χ0v) is 13.1. The van der Waals surface area contributed by atoms with Gasteiger partial charge in [0.2, 0.25) is 5.78 Å². The van der Waals surface area contributed by atoms with E-state index in [4.69, 9.17) is 0 Å². The largest absolute Gasteiger partial charge is 0.319 e. The molecule has 0 saturated carbocycles. The lowest BCUT2D eigenvalue weighted by molar-refractivity contribution is 0.102. The summed E-state index contributed by atoms with van der Waals surface area (Å²) in [6, 6.07) is 6.79. The number of nitrogens with one attached hydrogen (secondary N) is 2. The normalized spacial score (nSPS) is 10.7. The first-order valence-corrected chi connectivity index (χ1v) is 7.42. The van der Waals surface area contributed by atoms with Crippen LogP contribution < -0.4 is 5.32 Å². The monoisotopic (exact) mass is 334 g/mol. The lowest BCUT2D eigenvalue weighted by atomic mass is 10.2. The Labute approximate surface area is 143 Å². The second-order valence-corrected chi connectivity index (χ2v) is 5.04. The highest BCUT2D eigenvalue weighted by Gasteiger charge is 2.13. The third-order valence-corrected chi connectivity index (χ3v) is 3.28. The summed E-state index contributed by atoms with van der Waals surface area (Å²) in [6.45, 7) is 0.151. The van der Waals surface area contributed by atoms with Gasteiger partial charge in [0.15, 0.2) is 0 Å². The second kappa shape index (κ2) is 7.73. The van der Waals surface area contributed by atoms with Gasteiger partial charge < -0.3 is 5.32 Å². The van der Waals surface area contributed by atoms with Gasteiger partial charge in [-0.25, -0.2) is 0 Å². The van der Waals surface area contributed by atoms with Crippen LogP contribution in [0.3, 0.4) is 0 Å². The number of anilines is 1. The first-order valence-electron chi connectivity index (χ1n) is 7.42. The summed E-state index contributed by atoms with van der Waals surface area (Å²) in [4.78, 5) is 36.1. The highest BCUT2D eigenvalue weighted by Crippen LogP contribution is 2.10. The molecule has 0 spiro atoms. The number of hydrogen-bond donors (Lipinski definition) is 2. The van der Waals surface area contributed by atoms with Crippen molar-refractivity contribution in [2.75, 3.05) is 5.32 Å². The molecule has 0 radical (unpaired) electrons. The summed E-state index contributed by atoms with van der Waals surface area (Å²) < 4.78 is 0. The molecule has 0 aliphatic rings. The summed E-state index contributed by atoms with van der Waals surface area (Å²) in [5, 5.41) is 9.22. The summed E-state index contributed by atoms with van der Waals surface area (Å²) in [6.07, 6.45) is 8.94. The predicted octanol–water partition coefficient (Wildman–Crippen LogP) is 1.91. The number of carbonyl (C=O) groups is 2. The number of hydrogen-bond acceptors (Lipinski definition) is 6. The lowest BCUT2D eigenvalue weighted by Gasteiger charge is -2.03. The fourth-order valence-corrected chi connectivity index (χ4v) is 2.07. The van der Waals surface area contributed by atoms with E-state index in [2.05, 4.69) is 30.5 Å². The maximum Gasteiger partial charge on any atom is 0.274 e. The van der Waals surface area contributed by atoms with Gasteiger partial charge in [0.05, 0.1) is 30.8 Å². The Bertz CT molecular complexity index is 890. The summed E-state index contributed by atoms with van der Waals surface area (Å²) >= 11 is 0. The van der Waals surface area contributed by atoms with Crippen molar-refractivity contribution < 1.29 is 9.59 Å². The van der Waals surface area contributed by atoms with E-state index in [-0.39, 0.29) is 23.9 Å².